The summed E-state index contributed by atoms with van der Waals surface area (Å²) in [6, 6.07) is -0.650. The number of amides is 1. The van der Waals surface area contributed by atoms with Gasteiger partial charge in [-0.1, -0.05) is 52.1 Å². The van der Waals surface area contributed by atoms with E-state index in [0.29, 0.717) is 18.9 Å². The Hall–Kier alpha value is -1.92. The van der Waals surface area contributed by atoms with Crippen molar-refractivity contribution in [3.63, 3.8) is 0 Å². The van der Waals surface area contributed by atoms with E-state index in [0.717, 1.165) is 25.7 Å². The summed E-state index contributed by atoms with van der Waals surface area (Å²) in [6.07, 6.45) is 5.62. The molecule has 2 rings (SSSR count). The molecule has 1 amide bonds. The van der Waals surface area contributed by atoms with Crippen LogP contribution in [0.25, 0.3) is 0 Å². The number of ketones is 1. The Balaban J connectivity index is 2.02. The first-order valence-corrected chi connectivity index (χ1v) is 9.67. The quantitative estimate of drug-likeness (QED) is 0.674. The van der Waals surface area contributed by atoms with Gasteiger partial charge in [0.2, 0.25) is 11.7 Å². The molecule has 1 heterocycles. The molecule has 0 aliphatic heterocycles. The molecular formula is C19H31N3O4. The van der Waals surface area contributed by atoms with Gasteiger partial charge in [-0.3, -0.25) is 9.59 Å². The van der Waals surface area contributed by atoms with Gasteiger partial charge < -0.3 is 14.5 Å². The summed E-state index contributed by atoms with van der Waals surface area (Å²) in [5.74, 6) is 0.0474. The minimum Gasteiger partial charge on any atom is -0.449 e. The van der Waals surface area contributed by atoms with Gasteiger partial charge in [0.15, 0.2) is 0 Å². The number of carbonyl (C=O) groups is 2. The van der Waals surface area contributed by atoms with Crippen LogP contribution in [0.15, 0.2) is 4.42 Å². The highest BCUT2D eigenvalue weighted by Crippen LogP contribution is 2.24. The third-order valence-corrected chi connectivity index (χ3v) is 4.47. The summed E-state index contributed by atoms with van der Waals surface area (Å²) >= 11 is 0. The van der Waals surface area contributed by atoms with E-state index in [-0.39, 0.29) is 35.5 Å². The summed E-state index contributed by atoms with van der Waals surface area (Å²) in [4.78, 5) is 25.3. The van der Waals surface area contributed by atoms with Crippen molar-refractivity contribution in [3.05, 3.63) is 5.89 Å². The first-order chi connectivity index (χ1) is 12.4. The normalized spacial score (nSPS) is 16.7. The lowest BCUT2D eigenvalue weighted by Crippen LogP contribution is -2.45. The summed E-state index contributed by atoms with van der Waals surface area (Å²) in [6.45, 7) is 8.46. The third kappa shape index (κ3) is 6.11. The highest BCUT2D eigenvalue weighted by atomic mass is 16.6. The van der Waals surface area contributed by atoms with E-state index in [4.69, 9.17) is 9.15 Å². The van der Waals surface area contributed by atoms with Crippen LogP contribution in [-0.4, -0.2) is 34.5 Å². The molecule has 1 saturated carbocycles. The lowest BCUT2D eigenvalue weighted by Gasteiger charge is -2.24. The maximum absolute atomic E-state index is 12.8. The molecule has 146 valence electrons. The second-order valence-electron chi connectivity index (χ2n) is 7.97. The number of rotatable bonds is 9. The van der Waals surface area contributed by atoms with Crippen LogP contribution < -0.4 is 10.1 Å². The molecule has 7 nitrogen and oxygen atoms in total. The summed E-state index contributed by atoms with van der Waals surface area (Å²) < 4.78 is 10.7. The predicted molar refractivity (Wildman–Crippen MR) is 96.9 cm³/mol. The number of ether oxygens (including phenoxy) is 1. The summed E-state index contributed by atoms with van der Waals surface area (Å²) in [7, 11) is 0. The van der Waals surface area contributed by atoms with Gasteiger partial charge in [0.05, 0.1) is 12.6 Å². The van der Waals surface area contributed by atoms with E-state index < -0.39 is 6.04 Å². The van der Waals surface area contributed by atoms with Crippen LogP contribution in [0.2, 0.25) is 0 Å². The maximum atomic E-state index is 12.8. The topological polar surface area (TPSA) is 94.3 Å². The fraction of sp³-hybridized carbons (Fsp3) is 0.789. The van der Waals surface area contributed by atoms with Crippen molar-refractivity contribution in [2.45, 2.75) is 72.3 Å². The lowest BCUT2D eigenvalue weighted by atomic mass is 9.88. The predicted octanol–water partition coefficient (Wildman–Crippen LogP) is 3.40. The molecule has 7 heteroatoms. The number of Topliss-reactive ketones (excluding diaryl/α,β-unsaturated/α-hetero) is 1. The molecule has 0 bridgehead atoms. The molecule has 0 aromatic carbocycles. The Morgan fingerprint density at radius 3 is 2.42 bits per heavy atom. The number of carbonyl (C=O) groups excluding carboxylic acids is 2. The van der Waals surface area contributed by atoms with Gasteiger partial charge in [0.1, 0.15) is 0 Å². The van der Waals surface area contributed by atoms with E-state index in [1.54, 1.807) is 0 Å². The minimum atomic E-state index is -0.650. The van der Waals surface area contributed by atoms with Crippen molar-refractivity contribution < 1.29 is 18.7 Å². The van der Waals surface area contributed by atoms with Crippen LogP contribution in [0.5, 0.6) is 6.08 Å². The number of aromatic nitrogens is 2. The zero-order valence-corrected chi connectivity index (χ0v) is 16.3. The second kappa shape index (κ2) is 9.69. The first kappa shape index (κ1) is 20.4. The Morgan fingerprint density at radius 1 is 1.12 bits per heavy atom. The van der Waals surface area contributed by atoms with Crippen molar-refractivity contribution >= 4 is 11.7 Å². The van der Waals surface area contributed by atoms with Crippen LogP contribution >= 0.6 is 0 Å². The number of hydrogen-bond donors (Lipinski definition) is 1. The fourth-order valence-electron chi connectivity index (χ4n) is 3.11. The minimum absolute atomic E-state index is 0.00108. The molecule has 1 aliphatic carbocycles. The van der Waals surface area contributed by atoms with Gasteiger partial charge in [0, 0.05) is 5.92 Å². The van der Waals surface area contributed by atoms with Gasteiger partial charge in [-0.25, -0.2) is 0 Å². The van der Waals surface area contributed by atoms with Gasteiger partial charge in [-0.05, 0) is 31.1 Å². The van der Waals surface area contributed by atoms with Crippen LogP contribution in [0, 0.1) is 17.8 Å². The molecular weight excluding hydrogens is 334 g/mol. The van der Waals surface area contributed by atoms with Gasteiger partial charge in [-0.15, -0.1) is 5.10 Å². The molecule has 1 aromatic heterocycles. The smallest absolute Gasteiger partial charge is 0.415 e. The van der Waals surface area contributed by atoms with E-state index in [2.05, 4.69) is 15.5 Å². The molecule has 1 aliphatic rings. The largest absolute Gasteiger partial charge is 0.449 e. The Labute approximate surface area is 155 Å². The molecule has 0 saturated heterocycles. The van der Waals surface area contributed by atoms with Crippen molar-refractivity contribution in [3.8, 4) is 6.08 Å². The molecule has 0 unspecified atom stereocenters. The van der Waals surface area contributed by atoms with E-state index in [1.165, 1.54) is 6.42 Å². The lowest BCUT2D eigenvalue weighted by molar-refractivity contribution is -0.126. The molecule has 1 fully saturated rings. The van der Waals surface area contributed by atoms with Crippen LogP contribution in [-0.2, 0) is 4.79 Å². The molecule has 1 atom stereocenters. The average Bonchev–Trinajstić information content (AvgIpc) is 3.08. The highest BCUT2D eigenvalue weighted by molar-refractivity contribution is 5.98. The second-order valence-corrected chi connectivity index (χ2v) is 7.97. The van der Waals surface area contributed by atoms with Gasteiger partial charge in [0.25, 0.3) is 5.89 Å². The first-order valence-electron chi connectivity index (χ1n) is 9.67. The van der Waals surface area contributed by atoms with E-state index >= 15 is 0 Å². The third-order valence-electron chi connectivity index (χ3n) is 4.47. The zero-order valence-electron chi connectivity index (χ0n) is 16.3. The van der Waals surface area contributed by atoms with Gasteiger partial charge in [-0.2, -0.15) is 0 Å². The molecule has 26 heavy (non-hydrogen) atoms. The van der Waals surface area contributed by atoms with Gasteiger partial charge >= 0.3 is 6.08 Å². The fourth-order valence-corrected chi connectivity index (χ4v) is 3.11. The highest BCUT2D eigenvalue weighted by Gasteiger charge is 2.30. The average molecular weight is 365 g/mol. The van der Waals surface area contributed by atoms with Crippen LogP contribution in [0.1, 0.15) is 76.9 Å². The molecule has 0 spiro atoms. The Kier molecular flexibility index (Phi) is 7.60. The molecule has 0 radical (unpaired) electrons. The monoisotopic (exact) mass is 365 g/mol. The maximum Gasteiger partial charge on any atom is 0.415 e. The summed E-state index contributed by atoms with van der Waals surface area (Å²) in [5, 5.41) is 10.5. The van der Waals surface area contributed by atoms with Crippen molar-refractivity contribution in [2.24, 2.45) is 17.8 Å². The SMILES string of the molecule is CC(C)COc1nnc(C(=O)[C@H](CC(C)C)NC(=O)C2CCCCC2)o1. The number of nitrogens with one attached hydrogen (secondary N) is 1. The van der Waals surface area contributed by atoms with Crippen molar-refractivity contribution in [1.29, 1.82) is 0 Å². The number of hydrogen-bond acceptors (Lipinski definition) is 6. The molecule has 1 aromatic rings. The zero-order chi connectivity index (χ0) is 19.1. The summed E-state index contributed by atoms with van der Waals surface area (Å²) in [5.41, 5.74) is 0. The van der Waals surface area contributed by atoms with E-state index in [9.17, 15) is 9.59 Å². The Bertz CT molecular complexity index is 591. The van der Waals surface area contributed by atoms with Crippen molar-refractivity contribution in [2.75, 3.05) is 6.61 Å². The van der Waals surface area contributed by atoms with Crippen LogP contribution in [0.3, 0.4) is 0 Å². The van der Waals surface area contributed by atoms with Crippen LogP contribution in [0.4, 0.5) is 0 Å². The molecule has 1 N–H and O–H groups in total. The Morgan fingerprint density at radius 2 is 1.81 bits per heavy atom. The standard InChI is InChI=1S/C19H31N3O4/c1-12(2)10-15(20-17(24)14-8-6-5-7-9-14)16(23)18-21-22-19(26-18)25-11-13(3)4/h12-15H,5-11H2,1-4H3,(H,20,24)/t15-/m0/s1. The number of nitrogens with zero attached hydrogens (tertiary/aromatic N) is 2. The van der Waals surface area contributed by atoms with Crippen molar-refractivity contribution in [1.82, 2.24) is 15.5 Å². The van der Waals surface area contributed by atoms with E-state index in [1.807, 2.05) is 27.7 Å².